The topological polar surface area (TPSA) is 77.0 Å². The summed E-state index contributed by atoms with van der Waals surface area (Å²) in [4.78, 5) is 23.4. The third-order valence-electron chi connectivity index (χ3n) is 3.53. The molecule has 1 N–H and O–H groups in total. The van der Waals surface area contributed by atoms with E-state index in [1.165, 1.54) is 13.3 Å². The number of carbonyl (C=O) groups is 2. The van der Waals surface area contributed by atoms with Crippen molar-refractivity contribution in [3.05, 3.63) is 64.2 Å². The molecule has 136 valence electrons. The average Bonchev–Trinajstić information content (AvgIpc) is 2.63. The summed E-state index contributed by atoms with van der Waals surface area (Å²) in [5, 5.41) is 4.50. The number of hydrazone groups is 1. The first-order valence-corrected chi connectivity index (χ1v) is 8.22. The second kappa shape index (κ2) is 9.01. The van der Waals surface area contributed by atoms with Crippen LogP contribution < -0.4 is 10.2 Å². The summed E-state index contributed by atoms with van der Waals surface area (Å²) in [5.74, 6) is -0.216. The van der Waals surface area contributed by atoms with Crippen LogP contribution in [0.25, 0.3) is 0 Å². The molecule has 0 fully saturated rings. The first-order valence-electron chi connectivity index (χ1n) is 7.85. The lowest BCUT2D eigenvalue weighted by atomic mass is 10.1. The van der Waals surface area contributed by atoms with Gasteiger partial charge >= 0.3 is 5.97 Å². The fourth-order valence-electron chi connectivity index (χ4n) is 2.07. The number of methoxy groups -OCH3 is 1. The minimum absolute atomic E-state index is 0.387. The highest BCUT2D eigenvalue weighted by molar-refractivity contribution is 6.30. The second-order valence-corrected chi connectivity index (χ2v) is 5.95. The summed E-state index contributed by atoms with van der Waals surface area (Å²) in [6, 6.07) is 11.8. The number of benzene rings is 2. The van der Waals surface area contributed by atoms with Crippen LogP contribution in [0.15, 0.2) is 47.6 Å². The number of hydrogen-bond donors (Lipinski definition) is 1. The van der Waals surface area contributed by atoms with Crippen molar-refractivity contribution in [3.63, 3.8) is 0 Å². The molecule has 0 bridgehead atoms. The normalized spacial score (nSPS) is 11.8. The number of rotatable bonds is 6. The van der Waals surface area contributed by atoms with Crippen molar-refractivity contribution < 1.29 is 19.1 Å². The van der Waals surface area contributed by atoms with Crippen molar-refractivity contribution in [1.82, 2.24) is 5.43 Å². The van der Waals surface area contributed by atoms with Crippen molar-refractivity contribution in [2.24, 2.45) is 5.10 Å². The van der Waals surface area contributed by atoms with Gasteiger partial charge in [-0.15, -0.1) is 0 Å². The van der Waals surface area contributed by atoms with Gasteiger partial charge in [0.1, 0.15) is 5.75 Å². The maximum absolute atomic E-state index is 12.1. The van der Waals surface area contributed by atoms with Crippen molar-refractivity contribution in [2.75, 3.05) is 7.11 Å². The fourth-order valence-corrected chi connectivity index (χ4v) is 2.30. The Balaban J connectivity index is 1.90. The predicted octanol–water partition coefficient (Wildman–Crippen LogP) is 3.35. The smallest absolute Gasteiger partial charge is 0.337 e. The van der Waals surface area contributed by atoms with Crippen molar-refractivity contribution in [1.29, 1.82) is 0 Å². The first kappa shape index (κ1) is 19.5. The van der Waals surface area contributed by atoms with Gasteiger partial charge in [-0.05, 0) is 55.3 Å². The van der Waals surface area contributed by atoms with E-state index in [4.69, 9.17) is 16.3 Å². The Kier molecular flexibility index (Phi) is 6.74. The molecule has 0 spiro atoms. The van der Waals surface area contributed by atoms with Crippen LogP contribution in [0.1, 0.15) is 28.4 Å². The van der Waals surface area contributed by atoms with Crippen molar-refractivity contribution in [3.8, 4) is 5.75 Å². The van der Waals surface area contributed by atoms with E-state index in [1.807, 2.05) is 6.92 Å². The highest BCUT2D eigenvalue weighted by Gasteiger charge is 2.15. The molecule has 1 amide bonds. The van der Waals surface area contributed by atoms with E-state index in [0.29, 0.717) is 16.3 Å². The molecular weight excluding hydrogens is 356 g/mol. The molecule has 0 aliphatic rings. The highest BCUT2D eigenvalue weighted by atomic mass is 35.5. The lowest BCUT2D eigenvalue weighted by Gasteiger charge is -2.14. The van der Waals surface area contributed by atoms with E-state index in [2.05, 4.69) is 15.3 Å². The largest absolute Gasteiger partial charge is 0.481 e. The van der Waals surface area contributed by atoms with Crippen LogP contribution in [-0.2, 0) is 9.53 Å². The van der Waals surface area contributed by atoms with E-state index in [-0.39, 0.29) is 5.91 Å². The van der Waals surface area contributed by atoms with Gasteiger partial charge in [-0.3, -0.25) is 4.79 Å². The molecule has 0 aliphatic heterocycles. The Labute approximate surface area is 156 Å². The number of aryl methyl sites for hydroxylation is 1. The average molecular weight is 375 g/mol. The van der Waals surface area contributed by atoms with Crippen molar-refractivity contribution >= 4 is 29.7 Å². The molecule has 1 atom stereocenters. The Morgan fingerprint density at radius 3 is 2.50 bits per heavy atom. The Morgan fingerprint density at radius 1 is 1.19 bits per heavy atom. The monoisotopic (exact) mass is 374 g/mol. The van der Waals surface area contributed by atoms with Gasteiger partial charge in [-0.2, -0.15) is 5.10 Å². The number of hydrogen-bond acceptors (Lipinski definition) is 5. The fraction of sp³-hybridized carbons (Fsp3) is 0.211. The molecule has 0 aromatic heterocycles. The molecule has 6 nitrogen and oxygen atoms in total. The number of nitrogens with one attached hydrogen (secondary N) is 1. The Morgan fingerprint density at radius 2 is 1.88 bits per heavy atom. The van der Waals surface area contributed by atoms with Gasteiger partial charge in [0.15, 0.2) is 6.10 Å². The molecule has 0 saturated heterocycles. The third kappa shape index (κ3) is 5.32. The summed E-state index contributed by atoms with van der Waals surface area (Å²) >= 11 is 5.90. The van der Waals surface area contributed by atoms with Gasteiger partial charge in [0.25, 0.3) is 5.91 Å². The molecule has 0 radical (unpaired) electrons. The number of amides is 1. The summed E-state index contributed by atoms with van der Waals surface area (Å²) in [6.45, 7) is 3.48. The van der Waals surface area contributed by atoms with E-state index >= 15 is 0 Å². The van der Waals surface area contributed by atoms with Crippen LogP contribution in [0.5, 0.6) is 5.75 Å². The SMILES string of the molecule is COC(=O)c1ccc(/C=N/NC(=O)C(C)Oc2ccc(Cl)cc2C)cc1. The maximum Gasteiger partial charge on any atom is 0.337 e. The van der Waals surface area contributed by atoms with Crippen LogP contribution in [-0.4, -0.2) is 31.3 Å². The first-order chi connectivity index (χ1) is 12.4. The predicted molar refractivity (Wildman–Crippen MR) is 99.8 cm³/mol. The summed E-state index contributed by atoms with van der Waals surface area (Å²) in [6.07, 6.45) is 0.743. The molecule has 0 saturated carbocycles. The van der Waals surface area contributed by atoms with Gasteiger partial charge in [-0.25, -0.2) is 10.2 Å². The molecule has 2 aromatic carbocycles. The Bertz CT molecular complexity index is 819. The minimum atomic E-state index is -0.728. The molecule has 26 heavy (non-hydrogen) atoms. The van der Waals surface area contributed by atoms with Gasteiger partial charge in [-0.1, -0.05) is 23.7 Å². The summed E-state index contributed by atoms with van der Waals surface area (Å²) < 4.78 is 10.3. The molecule has 0 heterocycles. The van der Waals surface area contributed by atoms with Gasteiger partial charge in [0, 0.05) is 5.02 Å². The zero-order valence-electron chi connectivity index (χ0n) is 14.7. The van der Waals surface area contributed by atoms with E-state index in [1.54, 1.807) is 49.4 Å². The number of esters is 1. The van der Waals surface area contributed by atoms with Crippen LogP contribution in [0.3, 0.4) is 0 Å². The lowest BCUT2D eigenvalue weighted by Crippen LogP contribution is -2.33. The lowest BCUT2D eigenvalue weighted by molar-refractivity contribution is -0.127. The maximum atomic E-state index is 12.1. The third-order valence-corrected chi connectivity index (χ3v) is 3.77. The zero-order valence-corrected chi connectivity index (χ0v) is 15.4. The molecule has 7 heteroatoms. The van der Waals surface area contributed by atoms with Crippen LogP contribution in [0, 0.1) is 6.92 Å². The van der Waals surface area contributed by atoms with E-state index < -0.39 is 12.1 Å². The summed E-state index contributed by atoms with van der Waals surface area (Å²) in [7, 11) is 1.32. The zero-order chi connectivity index (χ0) is 19.1. The van der Waals surface area contributed by atoms with Crippen LogP contribution in [0.4, 0.5) is 0 Å². The quantitative estimate of drug-likeness (QED) is 0.478. The standard InChI is InChI=1S/C19H19ClN2O4/c1-12-10-16(20)8-9-17(12)26-13(2)18(23)22-21-11-14-4-6-15(7-5-14)19(24)25-3/h4-11,13H,1-3H3,(H,22,23)/b21-11+. The molecular formula is C19H19ClN2O4. The van der Waals surface area contributed by atoms with Crippen LogP contribution >= 0.6 is 11.6 Å². The minimum Gasteiger partial charge on any atom is -0.481 e. The number of ether oxygens (including phenoxy) is 2. The Hall–Kier alpha value is -2.86. The summed E-state index contributed by atoms with van der Waals surface area (Å²) in [5.41, 5.74) is 4.42. The molecule has 2 aromatic rings. The van der Waals surface area contributed by atoms with Crippen LogP contribution in [0.2, 0.25) is 5.02 Å². The van der Waals surface area contributed by atoms with E-state index in [9.17, 15) is 9.59 Å². The van der Waals surface area contributed by atoms with Crippen molar-refractivity contribution in [2.45, 2.75) is 20.0 Å². The van der Waals surface area contributed by atoms with Gasteiger partial charge in [0.2, 0.25) is 0 Å². The van der Waals surface area contributed by atoms with Gasteiger partial charge < -0.3 is 9.47 Å². The van der Waals surface area contributed by atoms with Gasteiger partial charge in [0.05, 0.1) is 18.9 Å². The number of nitrogens with zero attached hydrogens (tertiary/aromatic N) is 1. The number of halogens is 1. The highest BCUT2D eigenvalue weighted by Crippen LogP contribution is 2.22. The van der Waals surface area contributed by atoms with E-state index in [0.717, 1.165) is 11.1 Å². The second-order valence-electron chi connectivity index (χ2n) is 5.52. The number of carbonyl (C=O) groups excluding carboxylic acids is 2. The molecule has 0 aliphatic carbocycles. The molecule has 1 unspecified atom stereocenters. The molecule has 2 rings (SSSR count).